The van der Waals surface area contributed by atoms with Crippen LogP contribution in [0.3, 0.4) is 0 Å². The molecule has 2 aliphatic heterocycles. The average molecular weight is 450 g/mol. The first-order valence-electron chi connectivity index (χ1n) is 10.3. The molecular formula is C21H25ClFN5O3. The molecule has 0 aliphatic carbocycles. The molecule has 2 aliphatic rings. The number of aliphatic hydroxyl groups excluding tert-OH is 1. The lowest BCUT2D eigenvalue weighted by molar-refractivity contribution is 0.0874. The van der Waals surface area contributed by atoms with Crippen molar-refractivity contribution < 1.29 is 19.0 Å². The Morgan fingerprint density at radius 3 is 3.06 bits per heavy atom. The number of aliphatic hydroxyl groups is 1. The standard InChI is InChI=1S/C21H25ClFN5O3/c22-16-8-13(3-4-17(16)23)19(11-29)27-21(30)28-6-5-14-9-24-20(26-18(14)10-28)25-15-2-1-7-31-12-15/h3-4,8-9,15,19,29H,1-2,5-7,10-12H2,(H,27,30)(H,24,25,26). The number of aromatic nitrogens is 2. The first-order valence-corrected chi connectivity index (χ1v) is 10.7. The minimum Gasteiger partial charge on any atom is -0.394 e. The van der Waals surface area contributed by atoms with E-state index in [9.17, 15) is 14.3 Å². The third-order valence-electron chi connectivity index (χ3n) is 5.55. The molecule has 8 nitrogen and oxygen atoms in total. The summed E-state index contributed by atoms with van der Waals surface area (Å²) >= 11 is 5.83. The molecule has 1 saturated heterocycles. The first-order chi connectivity index (χ1) is 15.0. The minimum atomic E-state index is -0.694. The van der Waals surface area contributed by atoms with Crippen molar-refractivity contribution in [2.24, 2.45) is 0 Å². The Bertz CT molecular complexity index is 941. The van der Waals surface area contributed by atoms with Gasteiger partial charge in [0.25, 0.3) is 0 Å². The fourth-order valence-electron chi connectivity index (χ4n) is 3.79. The molecule has 10 heteroatoms. The molecule has 2 aromatic rings. The third-order valence-corrected chi connectivity index (χ3v) is 5.84. The van der Waals surface area contributed by atoms with Crippen LogP contribution in [0.15, 0.2) is 24.4 Å². The van der Waals surface area contributed by atoms with Gasteiger partial charge in [0.2, 0.25) is 5.95 Å². The smallest absolute Gasteiger partial charge is 0.318 e. The van der Waals surface area contributed by atoms with Crippen LogP contribution in [-0.4, -0.2) is 58.4 Å². The second-order valence-electron chi connectivity index (χ2n) is 7.75. The zero-order valence-electron chi connectivity index (χ0n) is 17.0. The van der Waals surface area contributed by atoms with Crippen LogP contribution in [0.4, 0.5) is 15.1 Å². The van der Waals surface area contributed by atoms with Gasteiger partial charge >= 0.3 is 6.03 Å². The van der Waals surface area contributed by atoms with Gasteiger partial charge in [-0.25, -0.2) is 19.2 Å². The maximum Gasteiger partial charge on any atom is 0.318 e. The summed E-state index contributed by atoms with van der Waals surface area (Å²) in [5.41, 5.74) is 2.34. The van der Waals surface area contributed by atoms with Crippen LogP contribution in [0.5, 0.6) is 0 Å². The van der Waals surface area contributed by atoms with E-state index < -0.39 is 11.9 Å². The summed E-state index contributed by atoms with van der Waals surface area (Å²) in [5.74, 6) is -0.0179. The van der Waals surface area contributed by atoms with Crippen LogP contribution >= 0.6 is 11.6 Å². The number of fused-ring (bicyclic) bond motifs is 1. The monoisotopic (exact) mass is 449 g/mol. The summed E-state index contributed by atoms with van der Waals surface area (Å²) in [6.45, 7) is 1.92. The molecule has 4 rings (SSSR count). The summed E-state index contributed by atoms with van der Waals surface area (Å²) in [5, 5.41) is 15.8. The van der Waals surface area contributed by atoms with Crippen LogP contribution in [0.1, 0.15) is 35.7 Å². The Morgan fingerprint density at radius 1 is 1.45 bits per heavy atom. The lowest BCUT2D eigenvalue weighted by atomic mass is 10.1. The van der Waals surface area contributed by atoms with Gasteiger partial charge in [-0.2, -0.15) is 0 Å². The number of halogens is 2. The summed E-state index contributed by atoms with van der Waals surface area (Å²) in [6, 6.07) is 3.27. The lowest BCUT2D eigenvalue weighted by Crippen LogP contribution is -2.45. The highest BCUT2D eigenvalue weighted by atomic mass is 35.5. The molecule has 0 saturated carbocycles. The van der Waals surface area contributed by atoms with Crippen molar-refractivity contribution in [1.29, 1.82) is 0 Å². The van der Waals surface area contributed by atoms with Gasteiger partial charge < -0.3 is 25.4 Å². The summed E-state index contributed by atoms with van der Waals surface area (Å²) in [7, 11) is 0. The Labute approximate surface area is 184 Å². The van der Waals surface area contributed by atoms with Gasteiger partial charge in [-0.05, 0) is 42.5 Å². The molecule has 1 aromatic carbocycles. The van der Waals surface area contributed by atoms with Crippen LogP contribution in [0.2, 0.25) is 5.02 Å². The van der Waals surface area contributed by atoms with E-state index in [0.29, 0.717) is 37.6 Å². The van der Waals surface area contributed by atoms with Crippen molar-refractivity contribution in [3.63, 3.8) is 0 Å². The van der Waals surface area contributed by atoms with E-state index >= 15 is 0 Å². The number of hydrogen-bond acceptors (Lipinski definition) is 6. The number of amides is 2. The summed E-state index contributed by atoms with van der Waals surface area (Å²) in [6.07, 6.45) is 4.45. The predicted molar refractivity (Wildman–Crippen MR) is 113 cm³/mol. The normalized spacial score (nSPS) is 19.5. The minimum absolute atomic E-state index is 0.0582. The van der Waals surface area contributed by atoms with Gasteiger partial charge in [-0.15, -0.1) is 0 Å². The quantitative estimate of drug-likeness (QED) is 0.649. The fraction of sp³-hybridized carbons (Fsp3) is 0.476. The number of rotatable bonds is 5. The van der Waals surface area contributed by atoms with Gasteiger partial charge in [0.05, 0.1) is 42.6 Å². The van der Waals surface area contributed by atoms with Crippen molar-refractivity contribution in [3.05, 3.63) is 52.1 Å². The van der Waals surface area contributed by atoms with Crippen LogP contribution in [0, 0.1) is 5.82 Å². The zero-order valence-corrected chi connectivity index (χ0v) is 17.7. The summed E-state index contributed by atoms with van der Waals surface area (Å²) < 4.78 is 18.9. The molecular weight excluding hydrogens is 425 g/mol. The topological polar surface area (TPSA) is 99.6 Å². The molecule has 0 spiro atoms. The number of ether oxygens (including phenoxy) is 1. The number of anilines is 1. The highest BCUT2D eigenvalue weighted by molar-refractivity contribution is 6.30. The van der Waals surface area contributed by atoms with E-state index in [1.165, 1.54) is 18.2 Å². The van der Waals surface area contributed by atoms with Crippen LogP contribution in [0.25, 0.3) is 0 Å². The Morgan fingerprint density at radius 2 is 2.32 bits per heavy atom. The van der Waals surface area contributed by atoms with Crippen molar-refractivity contribution >= 4 is 23.6 Å². The van der Waals surface area contributed by atoms with Gasteiger partial charge in [-0.3, -0.25) is 0 Å². The van der Waals surface area contributed by atoms with Gasteiger partial charge in [0, 0.05) is 19.3 Å². The van der Waals surface area contributed by atoms with Crippen molar-refractivity contribution in [2.45, 2.75) is 37.9 Å². The predicted octanol–water partition coefficient (Wildman–Crippen LogP) is 2.66. The molecule has 2 unspecified atom stereocenters. The maximum absolute atomic E-state index is 13.4. The number of nitrogens with one attached hydrogen (secondary N) is 2. The highest BCUT2D eigenvalue weighted by Gasteiger charge is 2.25. The molecule has 2 amide bonds. The van der Waals surface area contributed by atoms with Crippen molar-refractivity contribution in [2.75, 3.05) is 31.7 Å². The maximum atomic E-state index is 13.4. The van der Waals surface area contributed by atoms with Gasteiger partial charge in [0.15, 0.2) is 0 Å². The molecule has 1 aromatic heterocycles. The van der Waals surface area contributed by atoms with E-state index in [1.54, 1.807) is 11.1 Å². The number of hydrogen-bond donors (Lipinski definition) is 3. The van der Waals surface area contributed by atoms with Crippen LogP contribution < -0.4 is 10.6 Å². The van der Waals surface area contributed by atoms with Crippen molar-refractivity contribution in [1.82, 2.24) is 20.2 Å². The molecule has 3 N–H and O–H groups in total. The average Bonchev–Trinajstić information content (AvgIpc) is 2.79. The number of carbonyl (C=O) groups excluding carboxylic acids is 1. The van der Waals surface area contributed by atoms with Crippen LogP contribution in [-0.2, 0) is 17.7 Å². The molecule has 166 valence electrons. The van der Waals surface area contributed by atoms with E-state index in [-0.39, 0.29) is 23.7 Å². The Kier molecular flexibility index (Phi) is 6.84. The van der Waals surface area contributed by atoms with Gasteiger partial charge in [-0.1, -0.05) is 17.7 Å². The lowest BCUT2D eigenvalue weighted by Gasteiger charge is -2.30. The number of urea groups is 1. The molecule has 1 fully saturated rings. The van der Waals surface area contributed by atoms with Gasteiger partial charge in [0.1, 0.15) is 5.82 Å². The van der Waals surface area contributed by atoms with E-state index in [0.717, 1.165) is 30.7 Å². The third kappa shape index (κ3) is 5.23. The van der Waals surface area contributed by atoms with E-state index in [4.69, 9.17) is 16.3 Å². The fourth-order valence-corrected chi connectivity index (χ4v) is 3.98. The molecule has 3 heterocycles. The summed E-state index contributed by atoms with van der Waals surface area (Å²) in [4.78, 5) is 23.5. The highest BCUT2D eigenvalue weighted by Crippen LogP contribution is 2.23. The molecule has 31 heavy (non-hydrogen) atoms. The SMILES string of the molecule is O=C(NC(CO)c1ccc(F)c(Cl)c1)N1CCc2cnc(NC3CCCOC3)nc2C1. The molecule has 0 radical (unpaired) electrons. The number of nitrogens with zero attached hydrogens (tertiary/aromatic N) is 3. The molecule has 0 bridgehead atoms. The van der Waals surface area contributed by atoms with E-state index in [2.05, 4.69) is 20.6 Å². The number of benzene rings is 1. The second-order valence-corrected chi connectivity index (χ2v) is 8.16. The van der Waals surface area contributed by atoms with E-state index in [1.807, 2.05) is 0 Å². The molecule has 2 atom stereocenters. The first kappa shape index (κ1) is 21.7. The number of carbonyl (C=O) groups is 1. The zero-order chi connectivity index (χ0) is 21.8. The Hall–Kier alpha value is -2.49. The second kappa shape index (κ2) is 9.76. The Balaban J connectivity index is 1.41. The van der Waals surface area contributed by atoms with Crippen molar-refractivity contribution in [3.8, 4) is 0 Å². The largest absolute Gasteiger partial charge is 0.394 e.